The normalized spacial score (nSPS) is 19.3. The number of aromatic nitrogens is 2. The molecule has 0 radical (unpaired) electrons. The molecule has 1 aliphatic rings. The molecule has 0 fully saturated rings. The second-order valence-electron chi connectivity index (χ2n) is 6.68. The summed E-state index contributed by atoms with van der Waals surface area (Å²) in [7, 11) is 0. The van der Waals surface area contributed by atoms with E-state index in [9.17, 15) is 9.65 Å². The van der Waals surface area contributed by atoms with E-state index >= 15 is 0 Å². The lowest BCUT2D eigenvalue weighted by Crippen LogP contribution is -2.32. The third-order valence-corrected chi connectivity index (χ3v) is 4.64. The van der Waals surface area contributed by atoms with Crippen LogP contribution in [-0.4, -0.2) is 9.97 Å². The molecule has 0 saturated heterocycles. The molecule has 0 aliphatic carbocycles. The first-order valence-corrected chi connectivity index (χ1v) is 8.24. The Hall–Kier alpha value is -3.17. The number of nitrogens with one attached hydrogen (secondary N) is 2. The van der Waals surface area contributed by atoms with Gasteiger partial charge in [-0.2, -0.15) is 5.26 Å². The van der Waals surface area contributed by atoms with Crippen molar-refractivity contribution >= 4 is 11.0 Å². The van der Waals surface area contributed by atoms with Crippen molar-refractivity contribution in [1.29, 1.82) is 5.26 Å². The van der Waals surface area contributed by atoms with Gasteiger partial charge in [0.25, 0.3) is 0 Å². The lowest BCUT2D eigenvalue weighted by molar-refractivity contribution is 0.0854. The van der Waals surface area contributed by atoms with Gasteiger partial charge < -0.3 is 9.82 Å². The summed E-state index contributed by atoms with van der Waals surface area (Å²) in [5.41, 5.74) is 6.18. The van der Waals surface area contributed by atoms with Crippen molar-refractivity contribution in [3.05, 3.63) is 64.9 Å². The Morgan fingerprint density at radius 3 is 2.73 bits per heavy atom. The van der Waals surface area contributed by atoms with Gasteiger partial charge in [0.1, 0.15) is 23.5 Å². The molecule has 26 heavy (non-hydrogen) atoms. The van der Waals surface area contributed by atoms with E-state index in [-0.39, 0.29) is 5.56 Å². The van der Waals surface area contributed by atoms with Crippen LogP contribution in [0.3, 0.4) is 0 Å². The number of halogens is 1. The highest BCUT2D eigenvalue weighted by Crippen LogP contribution is 2.37. The van der Waals surface area contributed by atoms with Crippen LogP contribution in [0.1, 0.15) is 30.8 Å². The summed E-state index contributed by atoms with van der Waals surface area (Å²) < 4.78 is 14.2. The van der Waals surface area contributed by atoms with E-state index in [1.807, 2.05) is 45.0 Å². The molecule has 1 unspecified atom stereocenters. The second-order valence-corrected chi connectivity index (χ2v) is 6.68. The summed E-state index contributed by atoms with van der Waals surface area (Å²) in [5, 5.41) is 9.44. The number of H-pyrrole nitrogens is 1. The van der Waals surface area contributed by atoms with Crippen LogP contribution in [0.2, 0.25) is 0 Å². The highest BCUT2D eigenvalue weighted by molar-refractivity contribution is 5.94. The van der Waals surface area contributed by atoms with Crippen molar-refractivity contribution in [3.8, 4) is 17.2 Å². The van der Waals surface area contributed by atoms with Crippen LogP contribution < -0.4 is 5.48 Å². The van der Waals surface area contributed by atoms with Gasteiger partial charge in [0.05, 0.1) is 22.1 Å². The molecular weight excluding hydrogens is 331 g/mol. The van der Waals surface area contributed by atoms with Crippen LogP contribution in [-0.2, 0) is 10.4 Å². The predicted molar refractivity (Wildman–Crippen MR) is 96.3 cm³/mol. The first-order valence-electron chi connectivity index (χ1n) is 8.24. The zero-order valence-electron chi connectivity index (χ0n) is 14.6. The highest BCUT2D eigenvalue weighted by Gasteiger charge is 2.32. The molecule has 0 bridgehead atoms. The maximum atomic E-state index is 14.2. The molecule has 5 nitrogen and oxygen atoms in total. The molecule has 3 aromatic rings. The van der Waals surface area contributed by atoms with Crippen LogP contribution >= 0.6 is 0 Å². The van der Waals surface area contributed by atoms with Crippen LogP contribution in [0, 0.1) is 24.1 Å². The largest absolute Gasteiger partial charge is 0.413 e. The summed E-state index contributed by atoms with van der Waals surface area (Å²) in [5.74, 6) is 0.985. The maximum absolute atomic E-state index is 14.2. The van der Waals surface area contributed by atoms with Crippen LogP contribution in [0.25, 0.3) is 22.2 Å². The lowest BCUT2D eigenvalue weighted by Gasteiger charge is -2.22. The summed E-state index contributed by atoms with van der Waals surface area (Å²) in [4.78, 5) is 13.2. The molecule has 4 rings (SSSR count). The third-order valence-electron chi connectivity index (χ3n) is 4.64. The van der Waals surface area contributed by atoms with Crippen LogP contribution in [0.15, 0.2) is 42.2 Å². The van der Waals surface area contributed by atoms with Crippen LogP contribution in [0.4, 0.5) is 4.39 Å². The first kappa shape index (κ1) is 16.3. The summed E-state index contributed by atoms with van der Waals surface area (Å²) >= 11 is 0. The number of benzene rings is 2. The summed E-state index contributed by atoms with van der Waals surface area (Å²) in [6.45, 7) is 5.73. The first-order chi connectivity index (χ1) is 12.4. The number of aryl methyl sites for hydroxylation is 1. The minimum atomic E-state index is -0.542. The average molecular weight is 348 g/mol. The van der Waals surface area contributed by atoms with Gasteiger partial charge >= 0.3 is 0 Å². The Labute approximate surface area is 150 Å². The van der Waals surface area contributed by atoms with E-state index < -0.39 is 11.4 Å². The number of nitriles is 1. The molecule has 2 N–H and O–H groups in total. The Morgan fingerprint density at radius 2 is 2.04 bits per heavy atom. The number of fused-ring (bicyclic) bond motifs is 1. The zero-order valence-corrected chi connectivity index (χ0v) is 14.6. The van der Waals surface area contributed by atoms with E-state index in [2.05, 4.69) is 15.4 Å². The number of aromatic amines is 1. The molecule has 0 saturated carbocycles. The molecule has 6 heteroatoms. The fraction of sp³-hybridized carbons (Fsp3) is 0.200. The van der Waals surface area contributed by atoms with Gasteiger partial charge in [0.15, 0.2) is 0 Å². The van der Waals surface area contributed by atoms with Gasteiger partial charge in [-0.1, -0.05) is 12.1 Å². The molecular formula is C20H17FN4O. The van der Waals surface area contributed by atoms with E-state index in [1.165, 1.54) is 6.07 Å². The fourth-order valence-electron chi connectivity index (χ4n) is 3.40. The Morgan fingerprint density at radius 1 is 1.23 bits per heavy atom. The third kappa shape index (κ3) is 2.45. The number of hydroxylamine groups is 1. The van der Waals surface area contributed by atoms with Crippen molar-refractivity contribution in [1.82, 2.24) is 15.4 Å². The van der Waals surface area contributed by atoms with Crippen molar-refractivity contribution in [2.45, 2.75) is 26.3 Å². The van der Waals surface area contributed by atoms with Crippen molar-refractivity contribution in [3.63, 3.8) is 0 Å². The Kier molecular flexibility index (Phi) is 3.56. The van der Waals surface area contributed by atoms with Crippen molar-refractivity contribution in [2.24, 2.45) is 0 Å². The molecule has 0 amide bonds. The minimum Gasteiger partial charge on any atom is -0.413 e. The number of hydrogen-bond acceptors (Lipinski definition) is 4. The van der Waals surface area contributed by atoms with Gasteiger partial charge in [-0.15, -0.1) is 5.48 Å². The van der Waals surface area contributed by atoms with Gasteiger partial charge in [-0.3, -0.25) is 0 Å². The fourth-order valence-corrected chi connectivity index (χ4v) is 3.40. The SMILES string of the molecule is CC1=CC(C)(c2cc(-c3cccc(F)c3C#N)c3nc(C)[nH]c3c2)NO1. The smallest absolute Gasteiger partial charge is 0.141 e. The van der Waals surface area contributed by atoms with Gasteiger partial charge in [0, 0.05) is 11.1 Å². The van der Waals surface area contributed by atoms with Crippen molar-refractivity contribution in [2.75, 3.05) is 0 Å². The predicted octanol–water partition coefficient (Wildman–Crippen LogP) is 4.20. The van der Waals surface area contributed by atoms with E-state index in [0.29, 0.717) is 16.6 Å². The number of hydrogen-bond donors (Lipinski definition) is 2. The topological polar surface area (TPSA) is 73.7 Å². The molecule has 1 aliphatic heterocycles. The Balaban J connectivity index is 2.04. The highest BCUT2D eigenvalue weighted by atomic mass is 19.1. The zero-order chi connectivity index (χ0) is 18.5. The van der Waals surface area contributed by atoms with E-state index in [1.54, 1.807) is 12.1 Å². The number of imidazole rings is 1. The average Bonchev–Trinajstić information content (AvgIpc) is 3.15. The summed E-state index contributed by atoms with van der Waals surface area (Å²) in [6, 6.07) is 10.5. The van der Waals surface area contributed by atoms with Gasteiger partial charge in [-0.25, -0.2) is 9.37 Å². The van der Waals surface area contributed by atoms with E-state index in [0.717, 1.165) is 22.7 Å². The minimum absolute atomic E-state index is 0.0131. The van der Waals surface area contributed by atoms with Crippen molar-refractivity contribution < 1.29 is 9.23 Å². The van der Waals surface area contributed by atoms with E-state index in [4.69, 9.17) is 4.84 Å². The molecule has 2 aromatic carbocycles. The summed E-state index contributed by atoms with van der Waals surface area (Å²) in [6.07, 6.45) is 1.98. The monoisotopic (exact) mass is 348 g/mol. The quantitative estimate of drug-likeness (QED) is 0.728. The number of allylic oxidation sites excluding steroid dienone is 1. The number of rotatable bonds is 2. The standard InChI is InChI=1S/C20H17FN4O/c1-11-9-20(3,25-26-11)13-7-15(19-18(8-13)23-12(2)24-19)14-5-4-6-17(21)16(14)10-22/h4-9,25H,1-3H3,(H,23,24). The Bertz CT molecular complexity index is 1110. The second kappa shape index (κ2) is 5.68. The molecule has 1 aromatic heterocycles. The van der Waals surface area contributed by atoms with Gasteiger partial charge in [-0.05, 0) is 50.6 Å². The molecule has 0 spiro atoms. The maximum Gasteiger partial charge on any atom is 0.141 e. The molecule has 1 atom stereocenters. The van der Waals surface area contributed by atoms with Crippen LogP contribution in [0.5, 0.6) is 0 Å². The molecule has 2 heterocycles. The number of nitrogens with zero attached hydrogens (tertiary/aromatic N) is 2. The lowest BCUT2D eigenvalue weighted by atomic mass is 9.88. The van der Waals surface area contributed by atoms with Gasteiger partial charge in [0.2, 0.25) is 0 Å². The molecule has 130 valence electrons.